The predicted octanol–water partition coefficient (Wildman–Crippen LogP) is 2.63. The van der Waals surface area contributed by atoms with Crippen molar-refractivity contribution in [2.24, 2.45) is 11.7 Å². The zero-order chi connectivity index (χ0) is 10.8. The molecule has 0 radical (unpaired) electrons. The number of hydrogen-bond donors (Lipinski definition) is 1. The SMILES string of the molecule is NC1CCC(Cc2cccc(F)c2F)C1. The van der Waals surface area contributed by atoms with E-state index in [0.29, 0.717) is 17.9 Å². The highest BCUT2D eigenvalue weighted by molar-refractivity contribution is 5.19. The molecule has 0 heterocycles. The molecular weight excluding hydrogens is 196 g/mol. The van der Waals surface area contributed by atoms with Crippen molar-refractivity contribution < 1.29 is 8.78 Å². The molecule has 0 amide bonds. The lowest BCUT2D eigenvalue weighted by molar-refractivity contribution is 0.474. The summed E-state index contributed by atoms with van der Waals surface area (Å²) in [6, 6.07) is 4.61. The van der Waals surface area contributed by atoms with E-state index in [0.717, 1.165) is 25.3 Å². The van der Waals surface area contributed by atoms with Crippen LogP contribution in [0.5, 0.6) is 0 Å². The van der Waals surface area contributed by atoms with Crippen LogP contribution in [0.25, 0.3) is 0 Å². The first-order chi connectivity index (χ1) is 7.16. The third kappa shape index (κ3) is 2.34. The van der Waals surface area contributed by atoms with Gasteiger partial charge in [-0.15, -0.1) is 0 Å². The summed E-state index contributed by atoms with van der Waals surface area (Å²) < 4.78 is 26.3. The van der Waals surface area contributed by atoms with E-state index >= 15 is 0 Å². The molecular formula is C12H15F2N. The average molecular weight is 211 g/mol. The number of rotatable bonds is 2. The zero-order valence-electron chi connectivity index (χ0n) is 8.55. The van der Waals surface area contributed by atoms with E-state index in [1.807, 2.05) is 0 Å². The van der Waals surface area contributed by atoms with Gasteiger partial charge >= 0.3 is 0 Å². The third-order valence-corrected chi connectivity index (χ3v) is 3.12. The molecule has 2 rings (SSSR count). The topological polar surface area (TPSA) is 26.0 Å². The van der Waals surface area contributed by atoms with Crippen molar-refractivity contribution in [2.45, 2.75) is 31.7 Å². The molecule has 1 aromatic rings. The van der Waals surface area contributed by atoms with Gasteiger partial charge in [-0.25, -0.2) is 8.78 Å². The van der Waals surface area contributed by atoms with Crippen LogP contribution >= 0.6 is 0 Å². The van der Waals surface area contributed by atoms with Gasteiger partial charge in [0.2, 0.25) is 0 Å². The Morgan fingerprint density at radius 1 is 1.27 bits per heavy atom. The summed E-state index contributed by atoms with van der Waals surface area (Å²) in [4.78, 5) is 0. The van der Waals surface area contributed by atoms with Gasteiger partial charge in [0.05, 0.1) is 0 Å². The normalized spacial score (nSPS) is 25.8. The molecule has 2 atom stereocenters. The Morgan fingerprint density at radius 3 is 2.73 bits per heavy atom. The van der Waals surface area contributed by atoms with Crippen LogP contribution < -0.4 is 5.73 Å². The van der Waals surface area contributed by atoms with Gasteiger partial charge in [0.15, 0.2) is 11.6 Å². The maximum Gasteiger partial charge on any atom is 0.162 e. The molecule has 0 saturated heterocycles. The van der Waals surface area contributed by atoms with Gasteiger partial charge in [0.1, 0.15) is 0 Å². The summed E-state index contributed by atoms with van der Waals surface area (Å²) in [7, 11) is 0. The molecule has 0 spiro atoms. The molecule has 0 aromatic heterocycles. The van der Waals surface area contributed by atoms with E-state index in [9.17, 15) is 8.78 Å². The highest BCUT2D eigenvalue weighted by Crippen LogP contribution is 2.28. The standard InChI is InChI=1S/C12H15F2N/c13-11-3-1-2-9(12(11)14)6-8-4-5-10(15)7-8/h1-3,8,10H,4-7,15H2. The fraction of sp³-hybridized carbons (Fsp3) is 0.500. The summed E-state index contributed by atoms with van der Waals surface area (Å²) in [6.07, 6.45) is 3.56. The molecule has 0 bridgehead atoms. The lowest BCUT2D eigenvalue weighted by Gasteiger charge is -2.10. The molecule has 1 aromatic carbocycles. The molecule has 1 aliphatic rings. The predicted molar refractivity (Wildman–Crippen MR) is 55.4 cm³/mol. The molecule has 0 aliphatic heterocycles. The largest absolute Gasteiger partial charge is 0.328 e. The average Bonchev–Trinajstić information content (AvgIpc) is 2.59. The summed E-state index contributed by atoms with van der Waals surface area (Å²) in [6.45, 7) is 0. The van der Waals surface area contributed by atoms with Crippen LogP contribution in [0.2, 0.25) is 0 Å². The van der Waals surface area contributed by atoms with Crippen molar-refractivity contribution in [3.63, 3.8) is 0 Å². The van der Waals surface area contributed by atoms with Crippen molar-refractivity contribution >= 4 is 0 Å². The van der Waals surface area contributed by atoms with Crippen LogP contribution in [0.4, 0.5) is 8.78 Å². The van der Waals surface area contributed by atoms with Gasteiger partial charge in [0.25, 0.3) is 0 Å². The molecule has 1 aliphatic carbocycles. The van der Waals surface area contributed by atoms with Crippen LogP contribution in [-0.2, 0) is 6.42 Å². The van der Waals surface area contributed by atoms with Crippen LogP contribution in [-0.4, -0.2) is 6.04 Å². The second kappa shape index (κ2) is 4.27. The number of nitrogens with two attached hydrogens (primary N) is 1. The maximum atomic E-state index is 13.3. The summed E-state index contributed by atoms with van der Waals surface area (Å²) in [5.74, 6) is -1.04. The monoisotopic (exact) mass is 211 g/mol. The fourth-order valence-corrected chi connectivity index (χ4v) is 2.32. The Bertz CT molecular complexity index is 351. The lowest BCUT2D eigenvalue weighted by atomic mass is 9.97. The Labute approximate surface area is 88.3 Å². The molecule has 1 saturated carbocycles. The second-order valence-electron chi connectivity index (χ2n) is 4.36. The number of benzene rings is 1. The van der Waals surface area contributed by atoms with Gasteiger partial charge in [-0.3, -0.25) is 0 Å². The summed E-state index contributed by atoms with van der Waals surface area (Å²) in [5, 5.41) is 0. The number of halogens is 2. The molecule has 1 fully saturated rings. The van der Waals surface area contributed by atoms with Crippen molar-refractivity contribution in [1.29, 1.82) is 0 Å². The Kier molecular flexibility index (Phi) is 3.00. The minimum absolute atomic E-state index is 0.242. The quantitative estimate of drug-likeness (QED) is 0.799. The molecule has 1 nitrogen and oxygen atoms in total. The van der Waals surface area contributed by atoms with Gasteiger partial charge in [-0.1, -0.05) is 12.1 Å². The fourth-order valence-electron chi connectivity index (χ4n) is 2.32. The summed E-state index contributed by atoms with van der Waals surface area (Å²) in [5.41, 5.74) is 6.26. The van der Waals surface area contributed by atoms with E-state index in [2.05, 4.69) is 0 Å². The van der Waals surface area contributed by atoms with Gasteiger partial charge in [0, 0.05) is 6.04 Å². The van der Waals surface area contributed by atoms with Gasteiger partial charge < -0.3 is 5.73 Å². The van der Waals surface area contributed by atoms with Gasteiger partial charge in [-0.05, 0) is 43.2 Å². The van der Waals surface area contributed by atoms with E-state index in [1.165, 1.54) is 0 Å². The maximum absolute atomic E-state index is 13.3. The van der Waals surface area contributed by atoms with Crippen LogP contribution in [0.15, 0.2) is 18.2 Å². The molecule has 82 valence electrons. The van der Waals surface area contributed by atoms with Crippen LogP contribution in [0.3, 0.4) is 0 Å². The third-order valence-electron chi connectivity index (χ3n) is 3.12. The van der Waals surface area contributed by atoms with E-state index in [1.54, 1.807) is 12.1 Å². The Balaban J connectivity index is 2.07. The van der Waals surface area contributed by atoms with Crippen LogP contribution in [0, 0.1) is 17.6 Å². The first-order valence-corrected chi connectivity index (χ1v) is 5.35. The van der Waals surface area contributed by atoms with Crippen molar-refractivity contribution in [3.05, 3.63) is 35.4 Å². The molecule has 2 N–H and O–H groups in total. The minimum atomic E-state index is -0.755. The van der Waals surface area contributed by atoms with Crippen LogP contribution in [0.1, 0.15) is 24.8 Å². The van der Waals surface area contributed by atoms with Crippen molar-refractivity contribution in [1.82, 2.24) is 0 Å². The first kappa shape index (κ1) is 10.6. The zero-order valence-corrected chi connectivity index (χ0v) is 8.55. The summed E-state index contributed by atoms with van der Waals surface area (Å²) >= 11 is 0. The highest BCUT2D eigenvalue weighted by atomic mass is 19.2. The Morgan fingerprint density at radius 2 is 2.07 bits per heavy atom. The van der Waals surface area contributed by atoms with E-state index < -0.39 is 11.6 Å². The minimum Gasteiger partial charge on any atom is -0.328 e. The van der Waals surface area contributed by atoms with Crippen molar-refractivity contribution in [2.75, 3.05) is 0 Å². The van der Waals surface area contributed by atoms with E-state index in [-0.39, 0.29) is 6.04 Å². The molecule has 15 heavy (non-hydrogen) atoms. The lowest BCUT2D eigenvalue weighted by Crippen LogP contribution is -2.15. The van der Waals surface area contributed by atoms with Crippen molar-refractivity contribution in [3.8, 4) is 0 Å². The first-order valence-electron chi connectivity index (χ1n) is 5.35. The van der Waals surface area contributed by atoms with E-state index in [4.69, 9.17) is 5.73 Å². The smallest absolute Gasteiger partial charge is 0.162 e. The molecule has 2 unspecified atom stereocenters. The highest BCUT2D eigenvalue weighted by Gasteiger charge is 2.23. The molecule has 3 heteroatoms. The van der Waals surface area contributed by atoms with Gasteiger partial charge in [-0.2, -0.15) is 0 Å². The second-order valence-corrected chi connectivity index (χ2v) is 4.36. The number of hydrogen-bond acceptors (Lipinski definition) is 1. The Hall–Kier alpha value is -0.960.